The van der Waals surface area contributed by atoms with Crippen molar-refractivity contribution in [2.24, 2.45) is 5.41 Å². The van der Waals surface area contributed by atoms with E-state index in [4.69, 9.17) is 0 Å². The van der Waals surface area contributed by atoms with E-state index in [1.807, 2.05) is 0 Å². The van der Waals surface area contributed by atoms with E-state index < -0.39 is 0 Å². The fraction of sp³-hybridized carbons (Fsp3) is 0.619. The van der Waals surface area contributed by atoms with Gasteiger partial charge in [-0.15, -0.1) is 0 Å². The highest BCUT2D eigenvalue weighted by Crippen LogP contribution is 2.36. The molecule has 22 heavy (non-hydrogen) atoms. The van der Waals surface area contributed by atoms with Crippen LogP contribution in [-0.2, 0) is 6.42 Å². The van der Waals surface area contributed by atoms with Crippen LogP contribution >= 0.6 is 0 Å². The molecule has 0 fully saturated rings. The molecule has 0 saturated carbocycles. The van der Waals surface area contributed by atoms with E-state index in [2.05, 4.69) is 43.3 Å². The van der Waals surface area contributed by atoms with Gasteiger partial charge in [0, 0.05) is 5.41 Å². The Morgan fingerprint density at radius 1 is 0.955 bits per heavy atom. The molecule has 1 heteroatoms. The number of rotatable bonds is 10. The Labute approximate surface area is 136 Å². The molecule has 0 amide bonds. The van der Waals surface area contributed by atoms with E-state index in [1.54, 1.807) is 0 Å². The maximum absolute atomic E-state index is 9.92. The van der Waals surface area contributed by atoms with Gasteiger partial charge in [-0.05, 0) is 24.0 Å². The third-order valence-electron chi connectivity index (χ3n) is 5.06. The second-order valence-corrected chi connectivity index (χ2v) is 6.95. The first-order valence-electron chi connectivity index (χ1n) is 9.18. The zero-order valence-corrected chi connectivity index (χ0v) is 14.2. The number of fused-ring (bicyclic) bond motifs is 1. The molecule has 0 radical (unpaired) electrons. The van der Waals surface area contributed by atoms with Gasteiger partial charge in [-0.2, -0.15) is 0 Å². The van der Waals surface area contributed by atoms with Crippen molar-refractivity contribution in [2.75, 3.05) is 6.61 Å². The fourth-order valence-corrected chi connectivity index (χ4v) is 3.53. The molecule has 1 aliphatic carbocycles. The summed E-state index contributed by atoms with van der Waals surface area (Å²) in [6.07, 6.45) is 17.4. The summed E-state index contributed by atoms with van der Waals surface area (Å²) in [4.78, 5) is 0. The summed E-state index contributed by atoms with van der Waals surface area (Å²) in [5.74, 6) is 0. The third-order valence-corrected chi connectivity index (χ3v) is 5.06. The minimum Gasteiger partial charge on any atom is -0.395 e. The first-order valence-corrected chi connectivity index (χ1v) is 9.18. The molecule has 1 aromatic carbocycles. The molecule has 0 heterocycles. The van der Waals surface area contributed by atoms with E-state index in [0.29, 0.717) is 0 Å². The average Bonchev–Trinajstić information content (AvgIpc) is 2.57. The van der Waals surface area contributed by atoms with Gasteiger partial charge in [-0.3, -0.25) is 0 Å². The van der Waals surface area contributed by atoms with Gasteiger partial charge in [0.25, 0.3) is 0 Å². The summed E-state index contributed by atoms with van der Waals surface area (Å²) >= 11 is 0. The number of hydrogen-bond donors (Lipinski definition) is 1. The maximum atomic E-state index is 9.92. The van der Waals surface area contributed by atoms with Crippen molar-refractivity contribution >= 4 is 6.08 Å². The quantitative estimate of drug-likeness (QED) is 0.544. The van der Waals surface area contributed by atoms with Crippen molar-refractivity contribution in [1.29, 1.82) is 0 Å². The average molecular weight is 300 g/mol. The van der Waals surface area contributed by atoms with E-state index in [-0.39, 0.29) is 12.0 Å². The van der Waals surface area contributed by atoms with Gasteiger partial charge in [0.1, 0.15) is 0 Å². The summed E-state index contributed by atoms with van der Waals surface area (Å²) in [6, 6.07) is 8.57. The SMILES string of the molecule is CCCCCCCCCCC1(CO)C=Cc2ccccc2C1. The van der Waals surface area contributed by atoms with E-state index in [0.717, 1.165) is 12.8 Å². The van der Waals surface area contributed by atoms with Crippen molar-refractivity contribution in [3.63, 3.8) is 0 Å². The van der Waals surface area contributed by atoms with Crippen LogP contribution in [0.4, 0.5) is 0 Å². The van der Waals surface area contributed by atoms with Crippen LogP contribution in [0.1, 0.15) is 75.8 Å². The normalized spacial score (nSPS) is 20.1. The van der Waals surface area contributed by atoms with Crippen LogP contribution in [0, 0.1) is 5.41 Å². The van der Waals surface area contributed by atoms with Crippen molar-refractivity contribution < 1.29 is 5.11 Å². The summed E-state index contributed by atoms with van der Waals surface area (Å²) < 4.78 is 0. The Hall–Kier alpha value is -1.08. The van der Waals surface area contributed by atoms with Gasteiger partial charge < -0.3 is 5.11 Å². The number of benzene rings is 1. The van der Waals surface area contributed by atoms with E-state index >= 15 is 0 Å². The predicted molar refractivity (Wildman–Crippen MR) is 95.9 cm³/mol. The highest BCUT2D eigenvalue weighted by Gasteiger charge is 2.29. The van der Waals surface area contributed by atoms with Crippen LogP contribution in [0.25, 0.3) is 6.08 Å². The van der Waals surface area contributed by atoms with Gasteiger partial charge in [-0.1, -0.05) is 94.7 Å². The Bertz CT molecular complexity index is 463. The molecule has 122 valence electrons. The van der Waals surface area contributed by atoms with Crippen molar-refractivity contribution in [3.05, 3.63) is 41.5 Å². The molecule has 1 N–H and O–H groups in total. The van der Waals surface area contributed by atoms with Gasteiger partial charge in [0.05, 0.1) is 6.61 Å². The van der Waals surface area contributed by atoms with Crippen LogP contribution in [0.15, 0.2) is 30.3 Å². The lowest BCUT2D eigenvalue weighted by Gasteiger charge is -2.32. The van der Waals surface area contributed by atoms with E-state index in [9.17, 15) is 5.11 Å². The monoisotopic (exact) mass is 300 g/mol. The Balaban J connectivity index is 1.72. The second-order valence-electron chi connectivity index (χ2n) is 6.95. The minimum atomic E-state index is -0.0173. The van der Waals surface area contributed by atoms with E-state index in [1.165, 1.54) is 62.5 Å². The van der Waals surface area contributed by atoms with Crippen LogP contribution < -0.4 is 0 Å². The lowest BCUT2D eigenvalue weighted by Crippen LogP contribution is -2.28. The molecule has 1 aromatic rings. The molecular weight excluding hydrogens is 268 g/mol. The number of aliphatic hydroxyl groups excluding tert-OH is 1. The predicted octanol–water partition coefficient (Wildman–Crippen LogP) is 5.77. The Kier molecular flexibility index (Phi) is 7.18. The molecule has 1 nitrogen and oxygen atoms in total. The Morgan fingerprint density at radius 2 is 1.64 bits per heavy atom. The smallest absolute Gasteiger partial charge is 0.0525 e. The first kappa shape index (κ1) is 17.3. The molecular formula is C21H32O. The van der Waals surface area contributed by atoms with Gasteiger partial charge in [0.2, 0.25) is 0 Å². The largest absolute Gasteiger partial charge is 0.395 e. The molecule has 0 aromatic heterocycles. The van der Waals surface area contributed by atoms with Gasteiger partial charge in [0.15, 0.2) is 0 Å². The highest BCUT2D eigenvalue weighted by molar-refractivity contribution is 5.57. The van der Waals surface area contributed by atoms with Crippen LogP contribution in [0.5, 0.6) is 0 Å². The molecule has 0 bridgehead atoms. The zero-order valence-electron chi connectivity index (χ0n) is 14.2. The molecule has 0 spiro atoms. The first-order chi connectivity index (χ1) is 10.8. The number of unbranched alkanes of at least 4 members (excludes halogenated alkanes) is 7. The molecule has 1 unspecified atom stereocenters. The zero-order chi connectivity index (χ0) is 15.7. The van der Waals surface area contributed by atoms with Crippen molar-refractivity contribution in [3.8, 4) is 0 Å². The summed E-state index contributed by atoms with van der Waals surface area (Å²) in [5, 5.41) is 9.92. The van der Waals surface area contributed by atoms with Crippen molar-refractivity contribution in [1.82, 2.24) is 0 Å². The van der Waals surface area contributed by atoms with Crippen molar-refractivity contribution in [2.45, 2.75) is 71.1 Å². The summed E-state index contributed by atoms with van der Waals surface area (Å²) in [5.41, 5.74) is 2.69. The molecule has 0 aliphatic heterocycles. The molecule has 1 atom stereocenters. The van der Waals surface area contributed by atoms with Crippen LogP contribution in [-0.4, -0.2) is 11.7 Å². The summed E-state index contributed by atoms with van der Waals surface area (Å²) in [6.45, 7) is 2.54. The molecule has 0 saturated heterocycles. The highest BCUT2D eigenvalue weighted by atomic mass is 16.3. The second kappa shape index (κ2) is 9.15. The molecule has 2 rings (SSSR count). The maximum Gasteiger partial charge on any atom is 0.0525 e. The topological polar surface area (TPSA) is 20.2 Å². The number of hydrogen-bond acceptors (Lipinski definition) is 1. The minimum absolute atomic E-state index is 0.0173. The van der Waals surface area contributed by atoms with Gasteiger partial charge >= 0.3 is 0 Å². The lowest BCUT2D eigenvalue weighted by molar-refractivity contribution is 0.154. The number of aliphatic hydroxyl groups is 1. The third kappa shape index (κ3) is 4.98. The van der Waals surface area contributed by atoms with Gasteiger partial charge in [-0.25, -0.2) is 0 Å². The van der Waals surface area contributed by atoms with Crippen LogP contribution in [0.3, 0.4) is 0 Å². The molecule has 1 aliphatic rings. The Morgan fingerprint density at radius 3 is 2.36 bits per heavy atom. The lowest BCUT2D eigenvalue weighted by atomic mass is 9.73. The summed E-state index contributed by atoms with van der Waals surface area (Å²) in [7, 11) is 0. The van der Waals surface area contributed by atoms with Crippen LogP contribution in [0.2, 0.25) is 0 Å². The standard InChI is InChI=1S/C21H32O/c1-2-3-4-5-6-7-8-11-15-21(18-22)16-14-19-12-9-10-13-20(19)17-21/h9-10,12-14,16,22H,2-8,11,15,17-18H2,1H3. The fourth-order valence-electron chi connectivity index (χ4n) is 3.53.